The number of nitrogens with two attached hydrogens (primary N) is 1. The number of fused-ring (bicyclic) bond motifs is 2. The molecule has 0 radical (unpaired) electrons. The smallest absolute Gasteiger partial charge is 0.405 e. The van der Waals surface area contributed by atoms with Crippen molar-refractivity contribution in [1.82, 2.24) is 0 Å². The molecule has 0 saturated heterocycles. The second kappa shape index (κ2) is 14.2. The van der Waals surface area contributed by atoms with E-state index in [1.165, 1.54) is 13.2 Å². The van der Waals surface area contributed by atoms with Gasteiger partial charge in [-0.2, -0.15) is 0 Å². The van der Waals surface area contributed by atoms with Crippen molar-refractivity contribution in [2.45, 2.75) is 77.8 Å². The summed E-state index contributed by atoms with van der Waals surface area (Å²) in [5.74, 6) is -0.427. The van der Waals surface area contributed by atoms with Crippen molar-refractivity contribution < 1.29 is 34.0 Å². The lowest BCUT2D eigenvalue weighted by Gasteiger charge is -2.30. The Morgan fingerprint density at radius 2 is 1.78 bits per heavy atom. The van der Waals surface area contributed by atoms with Crippen LogP contribution in [-0.2, 0) is 25.4 Å². The number of carbonyl (C=O) groups excluding carboxylic acids is 2. The number of aliphatic hydroxyl groups is 1. The highest BCUT2D eigenvalue weighted by Crippen LogP contribution is 2.27. The third kappa shape index (κ3) is 9.18. The van der Waals surface area contributed by atoms with Gasteiger partial charge in [0.25, 0.3) is 5.91 Å². The average molecular weight is 519 g/mol. The van der Waals surface area contributed by atoms with E-state index in [1.807, 2.05) is 32.9 Å². The Balaban J connectivity index is 2.47. The Bertz CT molecular complexity index is 991. The number of allylic oxidation sites excluding steroid dienone is 1. The van der Waals surface area contributed by atoms with Gasteiger partial charge in [0.2, 0.25) is 0 Å². The van der Waals surface area contributed by atoms with Crippen LogP contribution in [0.25, 0.3) is 0 Å². The molecule has 2 amide bonds. The second-order valence-corrected chi connectivity index (χ2v) is 10.0. The minimum Gasteiger partial charge on any atom is -0.508 e. The lowest BCUT2D eigenvalue weighted by Crippen LogP contribution is -2.37. The maximum atomic E-state index is 12.8. The number of rotatable bonds is 3. The summed E-state index contributed by atoms with van der Waals surface area (Å²) in [6.45, 7) is 7.44. The number of amides is 2. The minimum absolute atomic E-state index is 0.0634. The van der Waals surface area contributed by atoms with Gasteiger partial charge in [0.15, 0.2) is 6.10 Å². The Hall–Kier alpha value is -2.88. The molecule has 1 aliphatic rings. The van der Waals surface area contributed by atoms with Crippen LogP contribution in [0, 0.1) is 11.8 Å². The van der Waals surface area contributed by atoms with E-state index in [0.717, 1.165) is 5.56 Å². The van der Waals surface area contributed by atoms with Crippen molar-refractivity contribution in [2.24, 2.45) is 17.6 Å². The predicted octanol–water partition coefficient (Wildman–Crippen LogP) is 4.08. The van der Waals surface area contributed by atoms with Gasteiger partial charge in [-0.25, -0.2) is 4.79 Å². The molecule has 1 aromatic rings. The largest absolute Gasteiger partial charge is 0.508 e. The number of methoxy groups -OCH3 is 2. The first-order chi connectivity index (χ1) is 17.4. The topological polar surface area (TPSA) is 140 Å². The van der Waals surface area contributed by atoms with Crippen LogP contribution in [0.4, 0.5) is 10.5 Å². The van der Waals surface area contributed by atoms with E-state index in [0.29, 0.717) is 42.5 Å². The quantitative estimate of drug-likeness (QED) is 0.442. The number of hydrogen-bond donors (Lipinski definition) is 4. The molecule has 2 bridgehead atoms. The number of aliphatic hydroxyl groups excluding tert-OH is 1. The van der Waals surface area contributed by atoms with E-state index in [-0.39, 0.29) is 23.5 Å². The Morgan fingerprint density at radius 1 is 1.11 bits per heavy atom. The van der Waals surface area contributed by atoms with Crippen molar-refractivity contribution in [3.05, 3.63) is 47.1 Å². The first kappa shape index (κ1) is 30.3. The summed E-state index contributed by atoms with van der Waals surface area (Å²) >= 11 is 0. The van der Waals surface area contributed by atoms with Gasteiger partial charge in [-0.3, -0.25) is 4.79 Å². The van der Waals surface area contributed by atoms with Gasteiger partial charge in [0.05, 0.1) is 18.3 Å². The minimum atomic E-state index is -0.925. The maximum absolute atomic E-state index is 12.8. The van der Waals surface area contributed by atoms with E-state index in [2.05, 4.69) is 5.32 Å². The summed E-state index contributed by atoms with van der Waals surface area (Å²) in [4.78, 5) is 24.4. The zero-order valence-corrected chi connectivity index (χ0v) is 22.7. The molecule has 0 fully saturated rings. The molecule has 1 aliphatic heterocycles. The molecular formula is C28H42N2O7. The molecule has 0 spiro atoms. The summed E-state index contributed by atoms with van der Waals surface area (Å²) in [5.41, 5.74) is 7.92. The lowest BCUT2D eigenvalue weighted by atomic mass is 9.88. The number of nitrogens with one attached hydrogen (secondary N) is 1. The van der Waals surface area contributed by atoms with E-state index < -0.39 is 30.5 Å². The number of carbonyl (C=O) groups is 2. The number of primary amides is 1. The molecule has 6 atom stereocenters. The van der Waals surface area contributed by atoms with Crippen LogP contribution in [0.15, 0.2) is 41.5 Å². The highest BCUT2D eigenvalue weighted by atomic mass is 16.6. The Morgan fingerprint density at radius 3 is 2.41 bits per heavy atom. The van der Waals surface area contributed by atoms with Crippen molar-refractivity contribution in [1.29, 1.82) is 0 Å². The zero-order valence-electron chi connectivity index (χ0n) is 22.7. The fourth-order valence-corrected chi connectivity index (χ4v) is 4.83. The van der Waals surface area contributed by atoms with E-state index in [4.69, 9.17) is 19.9 Å². The van der Waals surface area contributed by atoms with Crippen LogP contribution in [0.5, 0.6) is 5.75 Å². The standard InChI is InChI=1S/C28H42N2O7/c1-16-10-20-13-21(15-22(31)14-20)30-27(33)17(2)8-7-9-23(35-5)26(37-28(29)34)19(4)12-18(3)25(32)24(11-16)36-6/h8,12-16,18,23-26,31-32H,7,9-11H2,1-6H3,(H2,29,34)(H,30,33)/b17-8+,19-12+/t16-,18?,23+,24+,25?,26-/m0/s1. The molecule has 206 valence electrons. The van der Waals surface area contributed by atoms with Gasteiger partial charge in [0, 0.05) is 37.5 Å². The highest BCUT2D eigenvalue weighted by Gasteiger charge is 2.30. The van der Waals surface area contributed by atoms with E-state index in [1.54, 1.807) is 26.2 Å². The number of phenols is 1. The SMILES string of the molecule is CO[C@@H]1C[C@@H](C)Cc2cc(O)cc(c2)NC(=O)/C(C)=C/CC[C@@H](OC)[C@@H](OC(N)=O)/C(C)=C/C(C)C1O. The van der Waals surface area contributed by atoms with Crippen LogP contribution in [0.2, 0.25) is 0 Å². The maximum Gasteiger partial charge on any atom is 0.405 e. The summed E-state index contributed by atoms with van der Waals surface area (Å²) in [5, 5.41) is 24.2. The first-order valence-electron chi connectivity index (χ1n) is 12.6. The van der Waals surface area contributed by atoms with E-state index in [9.17, 15) is 19.8 Å². The molecule has 9 heteroatoms. The third-order valence-electron chi connectivity index (χ3n) is 6.79. The molecule has 0 aromatic heterocycles. The van der Waals surface area contributed by atoms with Gasteiger partial charge < -0.3 is 35.5 Å². The van der Waals surface area contributed by atoms with Crippen molar-refractivity contribution >= 4 is 17.7 Å². The number of benzene rings is 1. The van der Waals surface area contributed by atoms with Crippen LogP contribution in [-0.4, -0.2) is 60.8 Å². The average Bonchev–Trinajstić information content (AvgIpc) is 2.82. The van der Waals surface area contributed by atoms with Crippen LogP contribution in [0.1, 0.15) is 52.5 Å². The second-order valence-electron chi connectivity index (χ2n) is 10.0. The molecule has 9 nitrogen and oxygen atoms in total. The number of aromatic hydroxyl groups is 1. The highest BCUT2D eigenvalue weighted by molar-refractivity contribution is 6.03. The van der Waals surface area contributed by atoms with Crippen molar-refractivity contribution in [2.75, 3.05) is 19.5 Å². The van der Waals surface area contributed by atoms with E-state index >= 15 is 0 Å². The molecule has 1 heterocycles. The molecule has 0 aliphatic carbocycles. The predicted molar refractivity (Wildman–Crippen MR) is 142 cm³/mol. The van der Waals surface area contributed by atoms with Gasteiger partial charge in [-0.15, -0.1) is 0 Å². The number of hydrogen-bond acceptors (Lipinski definition) is 7. The van der Waals surface area contributed by atoms with Crippen LogP contribution < -0.4 is 11.1 Å². The molecule has 0 saturated carbocycles. The summed E-state index contributed by atoms with van der Waals surface area (Å²) in [6.07, 6.45) is 2.29. The molecule has 5 N–H and O–H groups in total. The molecule has 1 aromatic carbocycles. The summed E-state index contributed by atoms with van der Waals surface area (Å²) < 4.78 is 16.7. The van der Waals surface area contributed by atoms with Crippen molar-refractivity contribution in [3.63, 3.8) is 0 Å². The molecule has 2 unspecified atom stereocenters. The fraction of sp³-hybridized carbons (Fsp3) is 0.571. The van der Waals surface area contributed by atoms with Crippen molar-refractivity contribution in [3.8, 4) is 5.75 Å². The first-order valence-corrected chi connectivity index (χ1v) is 12.6. The lowest BCUT2D eigenvalue weighted by molar-refractivity contribution is -0.112. The van der Waals surface area contributed by atoms with Gasteiger partial charge in [0.1, 0.15) is 5.75 Å². The third-order valence-corrected chi connectivity index (χ3v) is 6.79. The van der Waals surface area contributed by atoms with Crippen LogP contribution >= 0.6 is 0 Å². The Kier molecular flexibility index (Phi) is 11.6. The molecular weight excluding hydrogens is 476 g/mol. The molecule has 2 rings (SSSR count). The number of anilines is 1. The zero-order chi connectivity index (χ0) is 27.7. The van der Waals surface area contributed by atoms with Gasteiger partial charge in [-0.1, -0.05) is 26.0 Å². The van der Waals surface area contributed by atoms with Gasteiger partial charge in [-0.05, 0) is 68.7 Å². The number of ether oxygens (including phenoxy) is 3. The number of phenolic OH excluding ortho intramolecular Hbond substituents is 1. The fourth-order valence-electron chi connectivity index (χ4n) is 4.83. The molecule has 37 heavy (non-hydrogen) atoms. The Labute approximate surface area is 219 Å². The monoisotopic (exact) mass is 518 g/mol. The summed E-state index contributed by atoms with van der Waals surface area (Å²) in [6, 6.07) is 5.02. The summed E-state index contributed by atoms with van der Waals surface area (Å²) in [7, 11) is 3.09. The van der Waals surface area contributed by atoms with Gasteiger partial charge >= 0.3 is 6.09 Å². The normalized spacial score (nSPS) is 31.4. The van der Waals surface area contributed by atoms with Crippen LogP contribution in [0.3, 0.4) is 0 Å².